The van der Waals surface area contributed by atoms with Crippen molar-refractivity contribution in [3.63, 3.8) is 0 Å². The van der Waals surface area contributed by atoms with Gasteiger partial charge >= 0.3 is 0 Å². The second-order valence-electron chi connectivity index (χ2n) is 5.32. The Morgan fingerprint density at radius 1 is 1.52 bits per heavy atom. The van der Waals surface area contributed by atoms with E-state index in [-0.39, 0.29) is 24.4 Å². The number of rotatable bonds is 6. The highest BCUT2D eigenvalue weighted by molar-refractivity contribution is 5.99. The number of oxime groups is 1. The molecule has 0 heterocycles. The average molecular weight is 291 g/mol. The average Bonchev–Trinajstić information content (AvgIpc) is 2.42. The third-order valence-corrected chi connectivity index (χ3v) is 3.88. The fraction of sp³-hybridized carbons (Fsp3) is 0.467. The van der Waals surface area contributed by atoms with Crippen LogP contribution >= 0.6 is 0 Å². The number of amides is 1. The first-order chi connectivity index (χ1) is 10.1. The van der Waals surface area contributed by atoms with E-state index in [1.54, 1.807) is 24.3 Å². The molecule has 1 aromatic carbocycles. The fourth-order valence-corrected chi connectivity index (χ4v) is 2.35. The molecule has 0 saturated heterocycles. The predicted octanol–water partition coefficient (Wildman–Crippen LogP) is 1.46. The molecule has 0 radical (unpaired) electrons. The van der Waals surface area contributed by atoms with Crippen molar-refractivity contribution < 1.29 is 14.7 Å². The third-order valence-electron chi connectivity index (χ3n) is 3.88. The maximum absolute atomic E-state index is 11.9. The summed E-state index contributed by atoms with van der Waals surface area (Å²) in [5, 5.41) is 14.6. The second-order valence-corrected chi connectivity index (χ2v) is 5.32. The quantitative estimate of drug-likeness (QED) is 0.320. The molecule has 0 aromatic heterocycles. The van der Waals surface area contributed by atoms with Crippen molar-refractivity contribution in [1.82, 2.24) is 5.32 Å². The summed E-state index contributed by atoms with van der Waals surface area (Å²) in [7, 11) is 0. The molecule has 1 amide bonds. The molecule has 1 atom stereocenters. The Morgan fingerprint density at radius 3 is 2.86 bits per heavy atom. The van der Waals surface area contributed by atoms with Crippen LogP contribution in [0, 0.1) is 5.92 Å². The molecule has 1 aliphatic rings. The van der Waals surface area contributed by atoms with E-state index in [0.717, 1.165) is 0 Å². The Labute approximate surface area is 124 Å². The van der Waals surface area contributed by atoms with Gasteiger partial charge in [0.1, 0.15) is 5.75 Å². The van der Waals surface area contributed by atoms with E-state index in [1.165, 1.54) is 19.3 Å². The normalized spacial score (nSPS) is 16.9. The first kappa shape index (κ1) is 15.2. The molecule has 0 bridgehead atoms. The number of amidine groups is 1. The molecule has 4 N–H and O–H groups in total. The van der Waals surface area contributed by atoms with Crippen molar-refractivity contribution in [3.05, 3.63) is 29.8 Å². The van der Waals surface area contributed by atoms with Gasteiger partial charge in [0, 0.05) is 6.04 Å². The van der Waals surface area contributed by atoms with Crippen molar-refractivity contribution in [2.75, 3.05) is 6.61 Å². The van der Waals surface area contributed by atoms with Crippen LogP contribution in [0.15, 0.2) is 29.4 Å². The van der Waals surface area contributed by atoms with E-state index in [0.29, 0.717) is 17.2 Å². The van der Waals surface area contributed by atoms with E-state index in [2.05, 4.69) is 10.5 Å². The lowest BCUT2D eigenvalue weighted by molar-refractivity contribution is -0.124. The molecule has 1 aromatic rings. The Morgan fingerprint density at radius 2 is 2.24 bits per heavy atom. The molecule has 2 rings (SSSR count). The zero-order valence-electron chi connectivity index (χ0n) is 12.1. The summed E-state index contributed by atoms with van der Waals surface area (Å²) < 4.78 is 5.47. The van der Waals surface area contributed by atoms with Crippen LogP contribution in [0.4, 0.5) is 0 Å². The molecule has 6 heteroatoms. The molecule has 6 nitrogen and oxygen atoms in total. The summed E-state index contributed by atoms with van der Waals surface area (Å²) >= 11 is 0. The lowest BCUT2D eigenvalue weighted by Crippen LogP contribution is -2.42. The van der Waals surface area contributed by atoms with Gasteiger partial charge in [-0.15, -0.1) is 0 Å². The molecule has 1 unspecified atom stereocenters. The minimum Gasteiger partial charge on any atom is -0.483 e. The van der Waals surface area contributed by atoms with E-state index in [4.69, 9.17) is 15.7 Å². The second kappa shape index (κ2) is 6.97. The van der Waals surface area contributed by atoms with Gasteiger partial charge < -0.3 is 21.0 Å². The van der Waals surface area contributed by atoms with E-state index < -0.39 is 0 Å². The van der Waals surface area contributed by atoms with E-state index in [1.807, 2.05) is 6.92 Å². The molecule has 0 spiro atoms. The molecule has 114 valence electrons. The maximum atomic E-state index is 11.9. The zero-order chi connectivity index (χ0) is 15.2. The molecule has 1 aliphatic carbocycles. The van der Waals surface area contributed by atoms with Crippen molar-refractivity contribution >= 4 is 11.7 Å². The van der Waals surface area contributed by atoms with Crippen LogP contribution in [0.1, 0.15) is 31.7 Å². The number of hydrogen-bond acceptors (Lipinski definition) is 4. The minimum absolute atomic E-state index is 0.0474. The largest absolute Gasteiger partial charge is 0.483 e. The summed E-state index contributed by atoms with van der Waals surface area (Å²) in [5.41, 5.74) is 6.03. The number of carbonyl (C=O) groups is 1. The van der Waals surface area contributed by atoms with Gasteiger partial charge in [-0.05, 0) is 37.8 Å². The van der Waals surface area contributed by atoms with Gasteiger partial charge in [-0.3, -0.25) is 4.79 Å². The van der Waals surface area contributed by atoms with Crippen LogP contribution in [0.5, 0.6) is 5.75 Å². The number of nitrogens with two attached hydrogens (primary N) is 1. The standard InChI is InChI=1S/C15H21N3O3/c1-10(11-5-4-6-11)17-14(19)9-21-13-8-3-2-7-12(13)15(16)18-20/h2-3,7-8,10-11,20H,4-6,9H2,1H3,(H2,16,18)(H,17,19). The molecule has 1 fully saturated rings. The number of nitrogens with zero attached hydrogens (tertiary/aromatic N) is 1. The number of nitrogens with one attached hydrogen (secondary N) is 1. The fourth-order valence-electron chi connectivity index (χ4n) is 2.35. The SMILES string of the molecule is CC(NC(=O)COc1ccccc1/C(N)=N/O)C1CCC1. The van der Waals surface area contributed by atoms with E-state index >= 15 is 0 Å². The first-order valence-corrected chi connectivity index (χ1v) is 7.11. The van der Waals surface area contributed by atoms with Gasteiger partial charge in [0.05, 0.1) is 5.56 Å². The predicted molar refractivity (Wildman–Crippen MR) is 79.4 cm³/mol. The summed E-state index contributed by atoms with van der Waals surface area (Å²) in [5.74, 6) is 0.787. The Bertz CT molecular complexity index is 527. The molecular weight excluding hydrogens is 270 g/mol. The van der Waals surface area contributed by atoms with Gasteiger partial charge in [0.25, 0.3) is 5.91 Å². The first-order valence-electron chi connectivity index (χ1n) is 7.11. The highest BCUT2D eigenvalue weighted by Crippen LogP contribution is 2.29. The number of ether oxygens (including phenoxy) is 1. The van der Waals surface area contributed by atoms with Gasteiger partial charge in [-0.1, -0.05) is 23.7 Å². The molecule has 0 aliphatic heterocycles. The van der Waals surface area contributed by atoms with Crippen molar-refractivity contribution in [3.8, 4) is 5.75 Å². The number of hydrogen-bond donors (Lipinski definition) is 3. The summed E-state index contributed by atoms with van der Waals surface area (Å²) in [4.78, 5) is 11.9. The zero-order valence-corrected chi connectivity index (χ0v) is 12.1. The monoisotopic (exact) mass is 291 g/mol. The Kier molecular flexibility index (Phi) is 5.03. The van der Waals surface area contributed by atoms with Crippen molar-refractivity contribution in [2.45, 2.75) is 32.2 Å². The third kappa shape index (κ3) is 3.87. The number of para-hydroxylation sites is 1. The topological polar surface area (TPSA) is 96.9 Å². The van der Waals surface area contributed by atoms with Gasteiger partial charge in [0.2, 0.25) is 0 Å². The Hall–Kier alpha value is -2.24. The highest BCUT2D eigenvalue weighted by Gasteiger charge is 2.25. The van der Waals surface area contributed by atoms with Crippen LogP contribution < -0.4 is 15.8 Å². The highest BCUT2D eigenvalue weighted by atomic mass is 16.5. The van der Waals surface area contributed by atoms with Gasteiger partial charge in [-0.25, -0.2) is 0 Å². The van der Waals surface area contributed by atoms with Crippen LogP contribution in [-0.2, 0) is 4.79 Å². The van der Waals surface area contributed by atoms with Gasteiger partial charge in [0.15, 0.2) is 12.4 Å². The van der Waals surface area contributed by atoms with Gasteiger partial charge in [-0.2, -0.15) is 0 Å². The number of benzene rings is 1. The molecule has 21 heavy (non-hydrogen) atoms. The van der Waals surface area contributed by atoms with Crippen LogP contribution in [0.25, 0.3) is 0 Å². The van der Waals surface area contributed by atoms with E-state index in [9.17, 15) is 4.79 Å². The minimum atomic E-state index is -0.163. The smallest absolute Gasteiger partial charge is 0.258 e. The van der Waals surface area contributed by atoms with Crippen LogP contribution in [0.2, 0.25) is 0 Å². The lowest BCUT2D eigenvalue weighted by Gasteiger charge is -2.31. The summed E-state index contributed by atoms with van der Waals surface area (Å²) in [6.07, 6.45) is 3.60. The van der Waals surface area contributed by atoms with Crippen molar-refractivity contribution in [2.24, 2.45) is 16.8 Å². The van der Waals surface area contributed by atoms with Crippen LogP contribution in [-0.4, -0.2) is 29.6 Å². The molecule has 1 saturated carbocycles. The summed E-state index contributed by atoms with van der Waals surface area (Å²) in [6.45, 7) is 1.93. The molecular formula is C15H21N3O3. The number of carbonyl (C=O) groups excluding carboxylic acids is 1. The van der Waals surface area contributed by atoms with Crippen LogP contribution in [0.3, 0.4) is 0 Å². The maximum Gasteiger partial charge on any atom is 0.258 e. The van der Waals surface area contributed by atoms with Crippen molar-refractivity contribution in [1.29, 1.82) is 0 Å². The lowest BCUT2D eigenvalue weighted by atomic mass is 9.80. The Balaban J connectivity index is 1.89. The summed E-state index contributed by atoms with van der Waals surface area (Å²) in [6, 6.07) is 7.03.